The summed E-state index contributed by atoms with van der Waals surface area (Å²) in [6, 6.07) is 5.29. The van der Waals surface area contributed by atoms with Crippen LogP contribution in [0.3, 0.4) is 0 Å². The Balaban J connectivity index is 2.71. The van der Waals surface area contributed by atoms with Gasteiger partial charge in [0.25, 0.3) is 0 Å². The number of esters is 1. The molecule has 0 bridgehead atoms. The van der Waals surface area contributed by atoms with Gasteiger partial charge in [0.15, 0.2) is 0 Å². The summed E-state index contributed by atoms with van der Waals surface area (Å²) in [5, 5.41) is 31.8. The molecule has 0 amide bonds. The highest BCUT2D eigenvalue weighted by Gasteiger charge is 2.30. The molecule has 2 aromatic rings. The molecule has 2 rings (SSSR count). The van der Waals surface area contributed by atoms with E-state index in [0.717, 1.165) is 6.07 Å². The average molecular weight is 485 g/mol. The number of allylic oxidation sites excluding steroid dienone is 1. The fraction of sp³-hybridized carbons (Fsp3) is 0.375. The molecule has 3 N–H and O–H groups in total. The third kappa shape index (κ3) is 6.30. The highest BCUT2D eigenvalue weighted by atomic mass is 19.1. The van der Waals surface area contributed by atoms with E-state index in [4.69, 9.17) is 20.1 Å². The molecular formula is C24H29FN6O4. The Morgan fingerprint density at radius 2 is 2.06 bits per heavy atom. The summed E-state index contributed by atoms with van der Waals surface area (Å²) in [5.41, 5.74) is -0.269. The lowest BCUT2D eigenvalue weighted by Gasteiger charge is -2.25. The van der Waals surface area contributed by atoms with Crippen LogP contribution in [0, 0.1) is 28.5 Å². The van der Waals surface area contributed by atoms with Crippen LogP contribution < -0.4 is 15.0 Å². The minimum atomic E-state index is -1.59. The zero-order chi connectivity index (χ0) is 26.3. The van der Waals surface area contributed by atoms with E-state index < -0.39 is 23.6 Å². The standard InChI is InChI=1S/C24H29FN6O4/c1-7-35-23(33)19(27)18(21(32)14-8-9-15(11-26)16(25)10-14)20(13(2)3)29-17-12-28-24(31(4)5)30-22(17)34-6/h8-10,12-13,21,27,29,32H,7H2,1-6H3/b20-18+,27-19?. The van der Waals surface area contributed by atoms with Crippen molar-refractivity contribution in [1.82, 2.24) is 9.97 Å². The lowest BCUT2D eigenvalue weighted by Crippen LogP contribution is -2.27. The second kappa shape index (κ2) is 11.9. The number of hydrogen-bond acceptors (Lipinski definition) is 10. The summed E-state index contributed by atoms with van der Waals surface area (Å²) in [6.45, 7) is 5.19. The molecule has 10 nitrogen and oxygen atoms in total. The van der Waals surface area contributed by atoms with Crippen molar-refractivity contribution >= 4 is 23.3 Å². The number of benzene rings is 1. The molecule has 0 aliphatic carbocycles. The first-order valence-corrected chi connectivity index (χ1v) is 10.8. The van der Waals surface area contributed by atoms with Crippen molar-refractivity contribution in [1.29, 1.82) is 10.7 Å². The van der Waals surface area contributed by atoms with E-state index in [1.807, 2.05) is 0 Å². The van der Waals surface area contributed by atoms with Gasteiger partial charge in [-0.1, -0.05) is 19.9 Å². The maximum absolute atomic E-state index is 14.3. The number of anilines is 2. The van der Waals surface area contributed by atoms with Gasteiger partial charge in [-0.25, -0.2) is 14.2 Å². The number of ether oxygens (including phenoxy) is 2. The van der Waals surface area contributed by atoms with Crippen molar-refractivity contribution in [2.24, 2.45) is 5.92 Å². The first-order valence-electron chi connectivity index (χ1n) is 10.8. The fourth-order valence-electron chi connectivity index (χ4n) is 3.17. The lowest BCUT2D eigenvalue weighted by atomic mass is 9.91. The van der Waals surface area contributed by atoms with E-state index in [2.05, 4.69) is 15.3 Å². The van der Waals surface area contributed by atoms with Gasteiger partial charge in [0.2, 0.25) is 11.8 Å². The van der Waals surface area contributed by atoms with Gasteiger partial charge in [0, 0.05) is 25.4 Å². The number of aliphatic hydroxyl groups is 1. The summed E-state index contributed by atoms with van der Waals surface area (Å²) in [5.74, 6) is -1.55. The number of aliphatic hydroxyl groups excluding tert-OH is 1. The van der Waals surface area contributed by atoms with Crippen molar-refractivity contribution < 1.29 is 23.8 Å². The van der Waals surface area contributed by atoms with Gasteiger partial charge in [0.05, 0.1) is 25.5 Å². The normalized spacial score (nSPS) is 12.3. The van der Waals surface area contributed by atoms with E-state index in [0.29, 0.717) is 11.6 Å². The molecule has 11 heteroatoms. The van der Waals surface area contributed by atoms with Crippen LogP contribution in [0.2, 0.25) is 0 Å². The molecular weight excluding hydrogens is 455 g/mol. The monoisotopic (exact) mass is 484 g/mol. The summed E-state index contributed by atoms with van der Waals surface area (Å²) in [4.78, 5) is 22.8. The Morgan fingerprint density at radius 1 is 1.37 bits per heavy atom. The van der Waals surface area contributed by atoms with E-state index >= 15 is 0 Å². The number of nitrogens with one attached hydrogen (secondary N) is 2. The fourth-order valence-corrected chi connectivity index (χ4v) is 3.17. The Kier molecular flexibility index (Phi) is 9.25. The van der Waals surface area contributed by atoms with Crippen molar-refractivity contribution in [3.8, 4) is 11.9 Å². The number of nitrogens with zero attached hydrogens (tertiary/aromatic N) is 4. The number of methoxy groups -OCH3 is 1. The van der Waals surface area contributed by atoms with E-state index in [-0.39, 0.29) is 40.8 Å². The quantitative estimate of drug-likeness (QED) is 0.342. The molecule has 1 aromatic heterocycles. The lowest BCUT2D eigenvalue weighted by molar-refractivity contribution is -0.135. The molecule has 1 heterocycles. The Labute approximate surface area is 203 Å². The summed E-state index contributed by atoms with van der Waals surface area (Å²) in [7, 11) is 4.97. The molecule has 1 unspecified atom stereocenters. The molecule has 0 aliphatic rings. The molecule has 186 valence electrons. The highest BCUT2D eigenvalue weighted by molar-refractivity contribution is 6.42. The van der Waals surface area contributed by atoms with Crippen molar-refractivity contribution in [3.63, 3.8) is 0 Å². The highest BCUT2D eigenvalue weighted by Crippen LogP contribution is 2.33. The molecule has 0 radical (unpaired) electrons. The van der Waals surface area contributed by atoms with Gasteiger partial charge in [-0.3, -0.25) is 5.41 Å². The van der Waals surface area contributed by atoms with Crippen LogP contribution in [-0.4, -0.2) is 54.6 Å². The number of rotatable bonds is 10. The number of hydrogen-bond donors (Lipinski definition) is 3. The Bertz CT molecular complexity index is 1170. The summed E-state index contributed by atoms with van der Waals surface area (Å²) >= 11 is 0. The van der Waals surface area contributed by atoms with Crippen LogP contribution in [0.5, 0.6) is 5.88 Å². The van der Waals surface area contributed by atoms with E-state index in [1.165, 1.54) is 25.4 Å². The zero-order valence-electron chi connectivity index (χ0n) is 20.5. The molecule has 1 atom stereocenters. The molecule has 0 saturated carbocycles. The van der Waals surface area contributed by atoms with Gasteiger partial charge in [0.1, 0.15) is 29.4 Å². The van der Waals surface area contributed by atoms with Crippen molar-refractivity contribution in [2.45, 2.75) is 26.9 Å². The van der Waals surface area contributed by atoms with Crippen LogP contribution in [0.1, 0.15) is 38.0 Å². The molecule has 0 fully saturated rings. The maximum atomic E-state index is 14.3. The minimum Gasteiger partial charge on any atom is -0.479 e. The van der Waals surface area contributed by atoms with Gasteiger partial charge in [-0.2, -0.15) is 10.2 Å². The number of nitriles is 1. The zero-order valence-corrected chi connectivity index (χ0v) is 20.5. The van der Waals surface area contributed by atoms with Gasteiger partial charge in [-0.15, -0.1) is 0 Å². The number of halogens is 1. The predicted octanol–water partition coefficient (Wildman–Crippen LogP) is 3.20. The topological polar surface area (TPSA) is 144 Å². The second-order valence-electron chi connectivity index (χ2n) is 7.94. The van der Waals surface area contributed by atoms with Crippen molar-refractivity contribution in [3.05, 3.63) is 52.6 Å². The SMILES string of the molecule is CCOC(=O)C(=N)/C(=C(\Nc1cnc(N(C)C)nc1OC)C(C)C)C(O)c1ccc(C#N)c(F)c1. The molecule has 0 saturated heterocycles. The number of aromatic nitrogens is 2. The van der Waals surface area contributed by atoms with Gasteiger partial charge >= 0.3 is 5.97 Å². The van der Waals surface area contributed by atoms with E-state index in [9.17, 15) is 14.3 Å². The first-order chi connectivity index (χ1) is 16.5. The van der Waals surface area contributed by atoms with Crippen LogP contribution in [0.25, 0.3) is 0 Å². The Hall–Kier alpha value is -4.04. The third-order valence-electron chi connectivity index (χ3n) is 4.92. The second-order valence-corrected chi connectivity index (χ2v) is 7.94. The predicted molar refractivity (Wildman–Crippen MR) is 129 cm³/mol. The van der Waals surface area contributed by atoms with Crippen LogP contribution in [-0.2, 0) is 9.53 Å². The first kappa shape index (κ1) is 27.2. The summed E-state index contributed by atoms with van der Waals surface area (Å²) in [6.07, 6.45) is -0.116. The van der Waals surface area contributed by atoms with Crippen LogP contribution >= 0.6 is 0 Å². The largest absolute Gasteiger partial charge is 0.479 e. The van der Waals surface area contributed by atoms with E-state index in [1.54, 1.807) is 45.8 Å². The average Bonchev–Trinajstić information content (AvgIpc) is 2.83. The minimum absolute atomic E-state index is 0.0220. The van der Waals surface area contributed by atoms with Crippen LogP contribution in [0.15, 0.2) is 35.7 Å². The smallest absolute Gasteiger partial charge is 0.356 e. The molecule has 1 aromatic carbocycles. The van der Waals surface area contributed by atoms with Gasteiger partial charge in [-0.05, 0) is 30.5 Å². The van der Waals surface area contributed by atoms with Crippen LogP contribution in [0.4, 0.5) is 16.0 Å². The molecule has 35 heavy (non-hydrogen) atoms. The molecule has 0 spiro atoms. The van der Waals surface area contributed by atoms with Gasteiger partial charge < -0.3 is 24.8 Å². The Morgan fingerprint density at radius 3 is 2.57 bits per heavy atom. The third-order valence-corrected chi connectivity index (χ3v) is 4.92. The number of carbonyl (C=O) groups excluding carboxylic acids is 1. The number of carbonyl (C=O) groups is 1. The summed E-state index contributed by atoms with van der Waals surface area (Å²) < 4.78 is 24.7. The maximum Gasteiger partial charge on any atom is 0.356 e. The van der Waals surface area contributed by atoms with Crippen molar-refractivity contribution in [2.75, 3.05) is 38.0 Å². The molecule has 0 aliphatic heterocycles.